The molecule has 3 aliphatic carbocycles. The molecule has 53 heavy (non-hydrogen) atoms. The van der Waals surface area contributed by atoms with E-state index in [1.54, 1.807) is 6.20 Å². The highest BCUT2D eigenvalue weighted by Gasteiger charge is 2.47. The molecule has 10 heteroatoms. The minimum atomic E-state index is -0.949. The van der Waals surface area contributed by atoms with Gasteiger partial charge in [-0.1, -0.05) is 103 Å². The number of rotatable bonds is 9. The molecule has 0 amide bonds. The van der Waals surface area contributed by atoms with Crippen LogP contribution in [0.5, 0.6) is 0 Å². The monoisotopic (exact) mass is 719 g/mol. The maximum Gasteiger partial charge on any atom is 0.308 e. The maximum absolute atomic E-state index is 12.6. The predicted octanol–water partition coefficient (Wildman–Crippen LogP) is 8.69. The molecule has 9 nitrogen and oxygen atoms in total. The van der Waals surface area contributed by atoms with Gasteiger partial charge in [-0.2, -0.15) is 5.10 Å². The molecule has 0 radical (unpaired) electrons. The van der Waals surface area contributed by atoms with Crippen LogP contribution in [0.2, 0.25) is 5.02 Å². The number of pyridine rings is 1. The second kappa shape index (κ2) is 13.3. The molecule has 264 valence electrons. The second-order valence-electron chi connectivity index (χ2n) is 14.3. The van der Waals surface area contributed by atoms with Gasteiger partial charge in [0, 0.05) is 43.3 Å². The Bertz CT molecular complexity index is 2330. The fourth-order valence-electron chi connectivity index (χ4n) is 8.89. The standard InChI is InChI=1S/C43H38ClN7O2/c1-50-22-21-29(26-50)35-24-36(47-38-28-19-17-27(18-20-28)37(38)42(52)53)48-40(46-35)39-34-23-33(44)25-45-41(34)51(49-39)43(30-11-5-2-6-12-30,31-13-7-3-8-14-31)32-15-9-4-10-16-32/h2-16,21-28,37-38H,17-20H2,1H3,(H,52,53)(H,46,47,48). The third kappa shape index (κ3) is 5.67. The van der Waals surface area contributed by atoms with Crippen LogP contribution in [0.1, 0.15) is 42.4 Å². The van der Waals surface area contributed by atoms with Gasteiger partial charge in [0.1, 0.15) is 17.1 Å². The lowest BCUT2D eigenvalue weighted by atomic mass is 9.61. The number of carboxylic acids is 1. The number of hydrogen-bond acceptors (Lipinski definition) is 6. The van der Waals surface area contributed by atoms with Gasteiger partial charge in [-0.15, -0.1) is 0 Å². The lowest BCUT2D eigenvalue weighted by Gasteiger charge is -2.47. The Morgan fingerprint density at radius 2 is 1.43 bits per heavy atom. The van der Waals surface area contributed by atoms with Crippen molar-refractivity contribution in [2.45, 2.75) is 37.3 Å². The van der Waals surface area contributed by atoms with Gasteiger partial charge < -0.3 is 15.0 Å². The topological polar surface area (TPSA) is 111 Å². The number of aryl methyl sites for hydroxylation is 1. The van der Waals surface area contributed by atoms with Gasteiger partial charge in [-0.05, 0) is 66.3 Å². The Morgan fingerprint density at radius 1 is 0.830 bits per heavy atom. The summed E-state index contributed by atoms with van der Waals surface area (Å²) in [6.45, 7) is 0. The van der Waals surface area contributed by atoms with Gasteiger partial charge in [0.25, 0.3) is 0 Å². The Kier molecular flexibility index (Phi) is 8.31. The number of benzene rings is 3. The van der Waals surface area contributed by atoms with Crippen LogP contribution in [0.4, 0.5) is 5.82 Å². The van der Waals surface area contributed by atoms with E-state index < -0.39 is 17.4 Å². The van der Waals surface area contributed by atoms with E-state index in [9.17, 15) is 9.90 Å². The molecule has 4 aromatic heterocycles. The van der Waals surface area contributed by atoms with Crippen molar-refractivity contribution in [1.29, 1.82) is 0 Å². The number of halogens is 1. The molecule has 7 aromatic rings. The molecule has 3 aliphatic rings. The maximum atomic E-state index is 12.6. The second-order valence-corrected chi connectivity index (χ2v) is 14.8. The molecule has 2 atom stereocenters. The molecule has 3 fully saturated rings. The van der Waals surface area contributed by atoms with Crippen LogP contribution in [0, 0.1) is 17.8 Å². The van der Waals surface area contributed by atoms with Crippen LogP contribution in [-0.4, -0.2) is 46.4 Å². The molecule has 0 aliphatic heterocycles. The Morgan fingerprint density at radius 3 is 2.00 bits per heavy atom. The number of nitrogens with one attached hydrogen (secondary N) is 1. The van der Waals surface area contributed by atoms with Crippen molar-refractivity contribution in [1.82, 2.24) is 29.3 Å². The van der Waals surface area contributed by atoms with Crippen molar-refractivity contribution < 1.29 is 9.90 Å². The minimum absolute atomic E-state index is 0.153. The molecule has 0 spiro atoms. The van der Waals surface area contributed by atoms with Crippen LogP contribution in [0.25, 0.3) is 33.8 Å². The molecule has 10 rings (SSSR count). The van der Waals surface area contributed by atoms with E-state index in [1.165, 1.54) is 0 Å². The molecular weight excluding hydrogens is 682 g/mol. The van der Waals surface area contributed by atoms with E-state index in [1.807, 2.05) is 101 Å². The van der Waals surface area contributed by atoms with Crippen LogP contribution < -0.4 is 5.32 Å². The van der Waals surface area contributed by atoms with Gasteiger partial charge in [-0.25, -0.2) is 19.6 Å². The van der Waals surface area contributed by atoms with Gasteiger partial charge in [0.05, 0.1) is 22.0 Å². The smallest absolute Gasteiger partial charge is 0.308 e. The first-order valence-corrected chi connectivity index (χ1v) is 18.5. The summed E-state index contributed by atoms with van der Waals surface area (Å²) < 4.78 is 3.97. The fourth-order valence-corrected chi connectivity index (χ4v) is 9.05. The first-order valence-electron chi connectivity index (χ1n) is 18.1. The normalized spacial score (nSPS) is 19.7. The van der Waals surface area contributed by atoms with Gasteiger partial charge in [0.15, 0.2) is 11.5 Å². The lowest BCUT2D eigenvalue weighted by Crippen LogP contribution is -2.51. The zero-order chi connectivity index (χ0) is 36.1. The largest absolute Gasteiger partial charge is 0.481 e. The van der Waals surface area contributed by atoms with E-state index in [0.717, 1.165) is 47.9 Å². The number of aliphatic carboxylic acids is 1. The average molecular weight is 720 g/mol. The highest BCUT2D eigenvalue weighted by molar-refractivity contribution is 6.31. The van der Waals surface area contributed by atoms with Crippen molar-refractivity contribution in [3.63, 3.8) is 0 Å². The molecule has 2 bridgehead atoms. The third-order valence-electron chi connectivity index (χ3n) is 11.3. The zero-order valence-electron chi connectivity index (χ0n) is 29.2. The van der Waals surface area contributed by atoms with Gasteiger partial charge >= 0.3 is 5.97 Å². The summed E-state index contributed by atoms with van der Waals surface area (Å²) in [4.78, 5) is 27.9. The first-order chi connectivity index (χ1) is 25.9. The van der Waals surface area contributed by atoms with Crippen molar-refractivity contribution in [3.8, 4) is 22.8 Å². The summed E-state index contributed by atoms with van der Waals surface area (Å²) in [5, 5.41) is 20.6. The third-order valence-corrected chi connectivity index (χ3v) is 11.5. The van der Waals surface area contributed by atoms with Crippen molar-refractivity contribution in [2.75, 3.05) is 5.32 Å². The van der Waals surface area contributed by atoms with E-state index >= 15 is 0 Å². The Labute approximate surface area is 312 Å². The molecule has 2 N–H and O–H groups in total. The molecule has 0 saturated heterocycles. The number of carboxylic acid groups (broad SMARTS) is 1. The molecule has 3 aromatic carbocycles. The molecule has 3 saturated carbocycles. The van der Waals surface area contributed by atoms with Crippen LogP contribution in [-0.2, 0) is 17.4 Å². The summed E-state index contributed by atoms with van der Waals surface area (Å²) in [7, 11) is 1.97. The highest BCUT2D eigenvalue weighted by Crippen LogP contribution is 2.47. The summed E-state index contributed by atoms with van der Waals surface area (Å²) in [5.41, 5.74) is 4.78. The van der Waals surface area contributed by atoms with E-state index in [-0.39, 0.29) is 17.9 Å². The summed E-state index contributed by atoms with van der Waals surface area (Å²) in [6.07, 6.45) is 9.56. The van der Waals surface area contributed by atoms with Crippen LogP contribution in [0.3, 0.4) is 0 Å². The number of carbonyl (C=O) groups is 1. The van der Waals surface area contributed by atoms with Crippen molar-refractivity contribution >= 4 is 34.4 Å². The van der Waals surface area contributed by atoms with Crippen molar-refractivity contribution in [3.05, 3.63) is 149 Å². The molecule has 4 heterocycles. The quantitative estimate of drug-likeness (QED) is 0.144. The summed E-state index contributed by atoms with van der Waals surface area (Å²) in [5.74, 6) is 0.130. The van der Waals surface area contributed by atoms with Gasteiger partial charge in [-0.3, -0.25) is 4.79 Å². The first kappa shape index (κ1) is 33.1. The minimum Gasteiger partial charge on any atom is -0.481 e. The van der Waals surface area contributed by atoms with Crippen LogP contribution >= 0.6 is 11.6 Å². The summed E-state index contributed by atoms with van der Waals surface area (Å²) in [6, 6.07) is 36.6. The number of aromatic nitrogens is 6. The van der Waals surface area contributed by atoms with E-state index in [2.05, 4.69) is 41.7 Å². The zero-order valence-corrected chi connectivity index (χ0v) is 29.9. The average Bonchev–Trinajstić information content (AvgIpc) is 3.80. The Balaban J connectivity index is 1.30. The number of anilines is 1. The number of nitrogens with zero attached hydrogens (tertiary/aromatic N) is 6. The van der Waals surface area contributed by atoms with Crippen molar-refractivity contribution in [2.24, 2.45) is 24.8 Å². The number of fused-ring (bicyclic) bond motifs is 4. The lowest BCUT2D eigenvalue weighted by molar-refractivity contribution is -0.148. The Hall–Kier alpha value is -5.80. The van der Waals surface area contributed by atoms with Gasteiger partial charge in [0.2, 0.25) is 0 Å². The number of hydrogen-bond donors (Lipinski definition) is 2. The SMILES string of the molecule is Cn1ccc(-c2cc(NC3C4CCC(CC4)C3C(=O)O)nc(-c3nn(C(c4ccccc4)(c4ccccc4)c4ccccc4)c4ncc(Cl)cc34)n2)c1. The predicted molar refractivity (Wildman–Crippen MR) is 207 cm³/mol. The fraction of sp³-hybridized carbons (Fsp3) is 0.233. The molecule has 2 unspecified atom stereocenters. The van der Waals surface area contributed by atoms with Crippen LogP contribution in [0.15, 0.2) is 128 Å². The molecular formula is C43H38ClN7O2. The van der Waals surface area contributed by atoms with E-state index in [4.69, 9.17) is 31.7 Å². The highest BCUT2D eigenvalue weighted by atomic mass is 35.5. The van der Waals surface area contributed by atoms with E-state index in [0.29, 0.717) is 39.1 Å². The summed E-state index contributed by atoms with van der Waals surface area (Å²) >= 11 is 6.71.